The lowest BCUT2D eigenvalue weighted by Crippen LogP contribution is -2.13. The van der Waals surface area contributed by atoms with E-state index in [4.69, 9.17) is 10.2 Å². The van der Waals surface area contributed by atoms with Gasteiger partial charge < -0.3 is 10.2 Å². The molecule has 0 saturated heterocycles. The zero-order valence-corrected chi connectivity index (χ0v) is 8.82. The molecule has 0 radical (unpaired) electrons. The van der Waals surface area contributed by atoms with Gasteiger partial charge in [-0.1, -0.05) is 6.07 Å². The quantitative estimate of drug-likeness (QED) is 0.810. The van der Waals surface area contributed by atoms with Crippen molar-refractivity contribution in [2.75, 3.05) is 0 Å². The predicted molar refractivity (Wildman–Crippen MR) is 59.1 cm³/mol. The molecule has 1 aromatic carbocycles. The molecule has 1 aromatic heterocycles. The predicted octanol–water partition coefficient (Wildman–Crippen LogP) is 1.10. The van der Waals surface area contributed by atoms with E-state index >= 15 is 0 Å². The third kappa shape index (κ3) is 2.04. The van der Waals surface area contributed by atoms with Crippen LogP contribution in [0.1, 0.15) is 24.9 Å². The summed E-state index contributed by atoms with van der Waals surface area (Å²) in [6, 6.07) is 4.82. The van der Waals surface area contributed by atoms with Gasteiger partial charge >= 0.3 is 5.76 Å². The van der Waals surface area contributed by atoms with Crippen molar-refractivity contribution in [3.05, 3.63) is 34.3 Å². The van der Waals surface area contributed by atoms with Crippen molar-refractivity contribution in [2.45, 2.75) is 19.4 Å². The Morgan fingerprint density at radius 3 is 3.00 bits per heavy atom. The van der Waals surface area contributed by atoms with Crippen molar-refractivity contribution in [1.29, 1.82) is 0 Å². The first-order valence-corrected chi connectivity index (χ1v) is 4.94. The number of hydrogen-bond acceptors (Lipinski definition) is 4. The number of nitrogens with one attached hydrogen (secondary N) is 1. The van der Waals surface area contributed by atoms with Gasteiger partial charge in [0.1, 0.15) is 5.78 Å². The molecular weight excluding hydrogens is 208 g/mol. The van der Waals surface area contributed by atoms with Crippen molar-refractivity contribution < 1.29 is 9.21 Å². The molecule has 5 nitrogen and oxygen atoms in total. The van der Waals surface area contributed by atoms with Crippen LogP contribution in [-0.2, 0) is 4.79 Å². The fourth-order valence-electron chi connectivity index (χ4n) is 1.62. The third-order valence-corrected chi connectivity index (χ3v) is 2.38. The van der Waals surface area contributed by atoms with E-state index < -0.39 is 5.76 Å². The fourth-order valence-corrected chi connectivity index (χ4v) is 1.62. The highest BCUT2D eigenvalue weighted by Crippen LogP contribution is 2.19. The number of H-pyrrole nitrogens is 1. The lowest BCUT2D eigenvalue weighted by Gasteiger charge is -2.09. The molecule has 0 spiro atoms. The molecule has 0 fully saturated rings. The highest BCUT2D eigenvalue weighted by molar-refractivity contribution is 5.77. The molecule has 0 amide bonds. The number of rotatable bonds is 3. The average Bonchev–Trinajstić information content (AvgIpc) is 2.55. The Hall–Kier alpha value is -1.88. The van der Waals surface area contributed by atoms with Gasteiger partial charge in [0.05, 0.1) is 5.52 Å². The topological polar surface area (TPSA) is 89.1 Å². The molecule has 0 aliphatic carbocycles. The second-order valence-electron chi connectivity index (χ2n) is 3.78. The number of Topliss-reactive ketones (excluding diaryl/α,β-unsaturated/α-hetero) is 1. The van der Waals surface area contributed by atoms with E-state index in [1.165, 1.54) is 6.92 Å². The molecule has 2 aromatic rings. The Kier molecular flexibility index (Phi) is 2.62. The Labute approximate surface area is 91.2 Å². The molecule has 0 bridgehead atoms. The van der Waals surface area contributed by atoms with Crippen LogP contribution < -0.4 is 11.5 Å². The highest BCUT2D eigenvalue weighted by Gasteiger charge is 2.10. The summed E-state index contributed by atoms with van der Waals surface area (Å²) in [5, 5.41) is 0. The molecule has 1 unspecified atom stereocenters. The van der Waals surface area contributed by atoms with E-state index in [1.54, 1.807) is 18.2 Å². The van der Waals surface area contributed by atoms with Crippen LogP contribution in [0.2, 0.25) is 0 Å². The largest absolute Gasteiger partial charge is 0.417 e. The Bertz CT molecular complexity index is 582. The lowest BCUT2D eigenvalue weighted by atomic mass is 10.0. The van der Waals surface area contributed by atoms with E-state index in [-0.39, 0.29) is 18.2 Å². The first-order valence-electron chi connectivity index (χ1n) is 4.94. The molecule has 3 N–H and O–H groups in total. The summed E-state index contributed by atoms with van der Waals surface area (Å²) in [6.07, 6.45) is 0.278. The Morgan fingerprint density at radius 1 is 1.56 bits per heavy atom. The summed E-state index contributed by atoms with van der Waals surface area (Å²) in [4.78, 5) is 24.4. The molecule has 1 heterocycles. The molecular formula is C11H12N2O3. The second-order valence-corrected chi connectivity index (χ2v) is 3.78. The van der Waals surface area contributed by atoms with Gasteiger partial charge in [-0.25, -0.2) is 4.79 Å². The lowest BCUT2D eigenvalue weighted by molar-refractivity contribution is -0.117. The number of aromatic nitrogens is 1. The molecule has 0 aliphatic heterocycles. The first kappa shape index (κ1) is 10.6. The zero-order chi connectivity index (χ0) is 11.7. The smallest absolute Gasteiger partial charge is 0.408 e. The molecule has 2 rings (SSSR count). The Balaban J connectivity index is 2.38. The standard InChI is InChI=1S/C11H12N2O3/c1-6(14)4-8(12)7-2-3-9-10(5-7)16-11(15)13-9/h2-3,5,8H,4,12H2,1H3,(H,13,15). The van der Waals surface area contributed by atoms with E-state index in [2.05, 4.69) is 4.98 Å². The van der Waals surface area contributed by atoms with Crippen molar-refractivity contribution in [1.82, 2.24) is 4.98 Å². The molecule has 1 atom stereocenters. The van der Waals surface area contributed by atoms with Gasteiger partial charge in [-0.3, -0.25) is 9.78 Å². The SMILES string of the molecule is CC(=O)CC(N)c1ccc2[nH]c(=O)oc2c1. The van der Waals surface area contributed by atoms with E-state index in [0.717, 1.165) is 5.56 Å². The van der Waals surface area contributed by atoms with Gasteiger partial charge in [-0.2, -0.15) is 0 Å². The van der Waals surface area contributed by atoms with Crippen LogP contribution in [0.3, 0.4) is 0 Å². The number of oxazole rings is 1. The van der Waals surface area contributed by atoms with Crippen LogP contribution >= 0.6 is 0 Å². The number of hydrogen-bond donors (Lipinski definition) is 2. The molecule has 16 heavy (non-hydrogen) atoms. The van der Waals surface area contributed by atoms with Crippen LogP contribution in [0, 0.1) is 0 Å². The number of carbonyl (C=O) groups excluding carboxylic acids is 1. The second kappa shape index (κ2) is 3.94. The molecule has 84 valence electrons. The molecule has 5 heteroatoms. The van der Waals surface area contributed by atoms with Crippen LogP contribution in [0.15, 0.2) is 27.4 Å². The summed E-state index contributed by atoms with van der Waals surface area (Å²) in [6.45, 7) is 1.49. The molecule has 0 aliphatic rings. The Morgan fingerprint density at radius 2 is 2.31 bits per heavy atom. The van der Waals surface area contributed by atoms with E-state index in [1.807, 2.05) is 0 Å². The van der Waals surface area contributed by atoms with Gasteiger partial charge in [-0.05, 0) is 24.6 Å². The van der Waals surface area contributed by atoms with Crippen molar-refractivity contribution in [3.8, 4) is 0 Å². The van der Waals surface area contributed by atoms with Crippen LogP contribution in [0.5, 0.6) is 0 Å². The normalized spacial score (nSPS) is 12.9. The van der Waals surface area contributed by atoms with Gasteiger partial charge in [0.2, 0.25) is 0 Å². The van der Waals surface area contributed by atoms with Crippen molar-refractivity contribution >= 4 is 16.9 Å². The fraction of sp³-hybridized carbons (Fsp3) is 0.273. The number of fused-ring (bicyclic) bond motifs is 1. The summed E-state index contributed by atoms with van der Waals surface area (Å²) >= 11 is 0. The van der Waals surface area contributed by atoms with Crippen LogP contribution in [-0.4, -0.2) is 10.8 Å². The number of ketones is 1. The summed E-state index contributed by atoms with van der Waals surface area (Å²) in [5.74, 6) is -0.463. The van der Waals surface area contributed by atoms with E-state index in [0.29, 0.717) is 11.1 Å². The molecule has 0 saturated carbocycles. The van der Waals surface area contributed by atoms with Crippen LogP contribution in [0.25, 0.3) is 11.1 Å². The van der Waals surface area contributed by atoms with Crippen molar-refractivity contribution in [2.24, 2.45) is 5.73 Å². The van der Waals surface area contributed by atoms with E-state index in [9.17, 15) is 9.59 Å². The maximum absolute atomic E-state index is 10.9. The summed E-state index contributed by atoms with van der Waals surface area (Å²) in [7, 11) is 0. The van der Waals surface area contributed by atoms with Gasteiger partial charge in [0, 0.05) is 12.5 Å². The van der Waals surface area contributed by atoms with Gasteiger partial charge in [-0.15, -0.1) is 0 Å². The van der Waals surface area contributed by atoms with Crippen LogP contribution in [0.4, 0.5) is 0 Å². The minimum atomic E-state index is -0.493. The first-order chi connectivity index (χ1) is 7.56. The highest BCUT2D eigenvalue weighted by atomic mass is 16.4. The number of benzene rings is 1. The zero-order valence-electron chi connectivity index (χ0n) is 8.82. The minimum absolute atomic E-state index is 0.0307. The van der Waals surface area contributed by atoms with Gasteiger partial charge in [0.15, 0.2) is 5.58 Å². The monoisotopic (exact) mass is 220 g/mol. The number of nitrogens with two attached hydrogens (primary N) is 1. The average molecular weight is 220 g/mol. The summed E-state index contributed by atoms with van der Waals surface area (Å²) in [5.41, 5.74) is 7.71. The third-order valence-electron chi connectivity index (χ3n) is 2.38. The maximum atomic E-state index is 10.9. The maximum Gasteiger partial charge on any atom is 0.417 e. The minimum Gasteiger partial charge on any atom is -0.408 e. The number of aromatic amines is 1. The van der Waals surface area contributed by atoms with Crippen molar-refractivity contribution in [3.63, 3.8) is 0 Å². The number of carbonyl (C=O) groups is 1. The van der Waals surface area contributed by atoms with Gasteiger partial charge in [0.25, 0.3) is 0 Å². The summed E-state index contributed by atoms with van der Waals surface area (Å²) < 4.78 is 4.91.